The number of fused-ring (bicyclic) bond motifs is 1. The fourth-order valence-electron chi connectivity index (χ4n) is 3.00. The molecule has 0 aliphatic rings. The van der Waals surface area contributed by atoms with E-state index in [1.807, 2.05) is 13.0 Å². The van der Waals surface area contributed by atoms with Gasteiger partial charge >= 0.3 is 6.18 Å². The Labute approximate surface area is 173 Å². The minimum atomic E-state index is -4.66. The summed E-state index contributed by atoms with van der Waals surface area (Å²) in [6.07, 6.45) is 0.545. The molecule has 0 bridgehead atoms. The van der Waals surface area contributed by atoms with Crippen molar-refractivity contribution < 1.29 is 18.0 Å². The molecule has 0 atom stereocenters. The topological polar surface area (TPSA) is 77.1 Å². The minimum Gasteiger partial charge on any atom is -0.348 e. The van der Waals surface area contributed by atoms with Crippen LogP contribution in [0.1, 0.15) is 33.4 Å². The Hall–Kier alpha value is -3.21. The molecule has 11 heteroatoms. The normalized spacial score (nSPS) is 11.9. The van der Waals surface area contributed by atoms with Crippen molar-refractivity contribution in [3.05, 3.63) is 58.5 Å². The first kappa shape index (κ1) is 20.1. The maximum Gasteiger partial charge on any atom is 0.433 e. The number of carbonyl (C=O) groups is 1. The van der Waals surface area contributed by atoms with Gasteiger partial charge in [-0.05, 0) is 24.6 Å². The van der Waals surface area contributed by atoms with Crippen LogP contribution in [-0.4, -0.2) is 30.3 Å². The largest absolute Gasteiger partial charge is 0.433 e. The lowest BCUT2D eigenvalue weighted by atomic mass is 10.2. The number of nitrogens with zero attached hydrogens (tertiary/aromatic N) is 5. The number of amides is 1. The molecule has 4 heterocycles. The molecule has 0 aliphatic carbocycles. The van der Waals surface area contributed by atoms with Gasteiger partial charge in [-0.3, -0.25) is 9.48 Å². The van der Waals surface area contributed by atoms with E-state index in [0.717, 1.165) is 29.1 Å². The summed E-state index contributed by atoms with van der Waals surface area (Å²) in [6.45, 7) is 2.15. The Morgan fingerprint density at radius 1 is 1.23 bits per heavy atom. The maximum absolute atomic E-state index is 13.7. The summed E-state index contributed by atoms with van der Waals surface area (Å²) in [7, 11) is 1.75. The van der Waals surface area contributed by atoms with Gasteiger partial charge in [-0.1, -0.05) is 6.92 Å². The SMILES string of the molecule is CCc1ccc(-c2cc(C(F)(F)F)n3ncc(C(=O)NCc4cnn(C)c4)c3n2)s1. The summed E-state index contributed by atoms with van der Waals surface area (Å²) in [4.78, 5) is 18.6. The summed E-state index contributed by atoms with van der Waals surface area (Å²) in [6, 6.07) is 4.56. The molecule has 4 aromatic heterocycles. The fraction of sp³-hybridized carbons (Fsp3) is 0.263. The molecule has 0 saturated carbocycles. The van der Waals surface area contributed by atoms with Gasteiger partial charge in [-0.15, -0.1) is 11.3 Å². The summed E-state index contributed by atoms with van der Waals surface area (Å²) < 4.78 is 43.3. The summed E-state index contributed by atoms with van der Waals surface area (Å²) in [5.41, 5.74) is -0.243. The third-order valence-corrected chi connectivity index (χ3v) is 5.73. The second-order valence-corrected chi connectivity index (χ2v) is 7.81. The second kappa shape index (κ2) is 7.56. The third-order valence-electron chi connectivity index (χ3n) is 4.48. The number of alkyl halides is 3. The van der Waals surface area contributed by atoms with Crippen LogP contribution in [-0.2, 0) is 26.2 Å². The number of carbonyl (C=O) groups excluding carboxylic acids is 1. The van der Waals surface area contributed by atoms with E-state index < -0.39 is 17.8 Å². The van der Waals surface area contributed by atoms with Crippen molar-refractivity contribution in [1.82, 2.24) is 29.7 Å². The molecule has 4 aromatic rings. The average molecular weight is 434 g/mol. The van der Waals surface area contributed by atoms with Crippen LogP contribution in [0.15, 0.2) is 36.8 Å². The molecule has 30 heavy (non-hydrogen) atoms. The number of hydrogen-bond donors (Lipinski definition) is 1. The van der Waals surface area contributed by atoms with E-state index in [9.17, 15) is 18.0 Å². The number of halogens is 3. The molecule has 4 rings (SSSR count). The van der Waals surface area contributed by atoms with Gasteiger partial charge in [0, 0.05) is 30.2 Å². The van der Waals surface area contributed by atoms with E-state index in [1.54, 1.807) is 30.2 Å². The van der Waals surface area contributed by atoms with Crippen LogP contribution in [0.3, 0.4) is 0 Å². The number of rotatable bonds is 5. The molecule has 156 valence electrons. The quantitative estimate of drug-likeness (QED) is 0.520. The Balaban J connectivity index is 1.75. The van der Waals surface area contributed by atoms with Crippen molar-refractivity contribution in [2.45, 2.75) is 26.1 Å². The van der Waals surface area contributed by atoms with Gasteiger partial charge in [0.1, 0.15) is 5.56 Å². The predicted molar refractivity (Wildman–Crippen MR) is 105 cm³/mol. The Kier molecular flexibility index (Phi) is 5.06. The van der Waals surface area contributed by atoms with Crippen molar-refractivity contribution in [3.8, 4) is 10.6 Å². The monoisotopic (exact) mass is 434 g/mol. The smallest absolute Gasteiger partial charge is 0.348 e. The van der Waals surface area contributed by atoms with E-state index >= 15 is 0 Å². The molecule has 0 fully saturated rings. The number of thiophene rings is 1. The van der Waals surface area contributed by atoms with Crippen LogP contribution in [0.2, 0.25) is 0 Å². The molecule has 0 unspecified atom stereocenters. The standard InChI is InChI=1S/C19H17F3N6OS/c1-3-12-4-5-15(30-12)14-6-16(19(20,21)22)28-17(26-14)13(9-25-28)18(29)23-7-11-8-24-27(2)10-11/h4-6,8-10H,3,7H2,1-2H3,(H,23,29). The second-order valence-electron chi connectivity index (χ2n) is 6.64. The molecule has 0 saturated heterocycles. The number of aryl methyl sites for hydroxylation is 2. The van der Waals surface area contributed by atoms with Gasteiger partial charge < -0.3 is 5.32 Å². The fourth-order valence-corrected chi connectivity index (χ4v) is 3.91. The summed E-state index contributed by atoms with van der Waals surface area (Å²) in [5.74, 6) is -0.563. The van der Waals surface area contributed by atoms with Gasteiger partial charge in [0.15, 0.2) is 11.3 Å². The van der Waals surface area contributed by atoms with E-state index in [1.165, 1.54) is 11.3 Å². The zero-order valence-corrected chi connectivity index (χ0v) is 16.9. The van der Waals surface area contributed by atoms with Crippen LogP contribution in [0.25, 0.3) is 16.2 Å². The van der Waals surface area contributed by atoms with Crippen molar-refractivity contribution in [3.63, 3.8) is 0 Å². The lowest BCUT2D eigenvalue weighted by Gasteiger charge is -2.11. The highest BCUT2D eigenvalue weighted by molar-refractivity contribution is 7.15. The highest BCUT2D eigenvalue weighted by Crippen LogP contribution is 2.34. The van der Waals surface area contributed by atoms with Gasteiger partial charge in [0.25, 0.3) is 5.91 Å². The average Bonchev–Trinajstić information content (AvgIpc) is 3.43. The van der Waals surface area contributed by atoms with E-state index in [2.05, 4.69) is 20.5 Å². The zero-order chi connectivity index (χ0) is 21.5. The Morgan fingerprint density at radius 2 is 2.03 bits per heavy atom. The van der Waals surface area contributed by atoms with Crippen molar-refractivity contribution in [2.24, 2.45) is 7.05 Å². The molecule has 0 spiro atoms. The highest BCUT2D eigenvalue weighted by Gasteiger charge is 2.36. The minimum absolute atomic E-state index is 0.0292. The molecule has 7 nitrogen and oxygen atoms in total. The molecule has 1 amide bonds. The molecular weight excluding hydrogens is 417 g/mol. The zero-order valence-electron chi connectivity index (χ0n) is 16.1. The first-order valence-electron chi connectivity index (χ1n) is 9.07. The Bertz CT molecular complexity index is 1220. The number of aromatic nitrogens is 5. The molecule has 1 N–H and O–H groups in total. The van der Waals surface area contributed by atoms with Crippen LogP contribution < -0.4 is 5.32 Å². The van der Waals surface area contributed by atoms with Crippen molar-refractivity contribution in [1.29, 1.82) is 0 Å². The van der Waals surface area contributed by atoms with E-state index in [0.29, 0.717) is 9.39 Å². The van der Waals surface area contributed by atoms with Gasteiger partial charge in [-0.25, -0.2) is 9.50 Å². The van der Waals surface area contributed by atoms with Crippen LogP contribution in [0.4, 0.5) is 13.2 Å². The summed E-state index contributed by atoms with van der Waals surface area (Å²) >= 11 is 1.37. The van der Waals surface area contributed by atoms with Crippen molar-refractivity contribution in [2.75, 3.05) is 0 Å². The van der Waals surface area contributed by atoms with Crippen LogP contribution >= 0.6 is 11.3 Å². The lowest BCUT2D eigenvalue weighted by Crippen LogP contribution is -2.23. The number of nitrogens with one attached hydrogen (secondary N) is 1. The number of hydrogen-bond acceptors (Lipinski definition) is 5. The molecule has 0 aromatic carbocycles. The van der Waals surface area contributed by atoms with E-state index in [4.69, 9.17) is 0 Å². The van der Waals surface area contributed by atoms with Gasteiger partial charge in [-0.2, -0.15) is 23.4 Å². The molecular formula is C19H17F3N6OS. The lowest BCUT2D eigenvalue weighted by molar-refractivity contribution is -0.142. The van der Waals surface area contributed by atoms with Crippen molar-refractivity contribution >= 4 is 22.9 Å². The predicted octanol–water partition coefficient (Wildman–Crippen LogP) is 3.70. The summed E-state index contributed by atoms with van der Waals surface area (Å²) in [5, 5.41) is 10.5. The first-order chi connectivity index (χ1) is 14.3. The highest BCUT2D eigenvalue weighted by atomic mass is 32.1. The molecule has 0 radical (unpaired) electrons. The van der Waals surface area contributed by atoms with Gasteiger partial charge in [0.05, 0.1) is 23.0 Å². The van der Waals surface area contributed by atoms with Crippen LogP contribution in [0, 0.1) is 0 Å². The van der Waals surface area contributed by atoms with Gasteiger partial charge in [0.2, 0.25) is 0 Å². The Morgan fingerprint density at radius 3 is 2.67 bits per heavy atom. The van der Waals surface area contributed by atoms with Crippen LogP contribution in [0.5, 0.6) is 0 Å². The van der Waals surface area contributed by atoms with E-state index in [-0.39, 0.29) is 23.4 Å². The molecule has 0 aliphatic heterocycles. The third kappa shape index (κ3) is 3.80. The maximum atomic E-state index is 13.7. The first-order valence-corrected chi connectivity index (χ1v) is 9.88.